The molecule has 0 aliphatic heterocycles. The molecule has 0 atom stereocenters. The van der Waals surface area contributed by atoms with Gasteiger partial charge in [0.25, 0.3) is 5.91 Å². The Balaban J connectivity index is 1.85. The van der Waals surface area contributed by atoms with Crippen LogP contribution < -0.4 is 10.1 Å². The Morgan fingerprint density at radius 3 is 2.62 bits per heavy atom. The van der Waals surface area contributed by atoms with E-state index in [0.29, 0.717) is 17.9 Å². The summed E-state index contributed by atoms with van der Waals surface area (Å²) >= 11 is 0. The molecule has 2 aromatic rings. The summed E-state index contributed by atoms with van der Waals surface area (Å²) in [5.41, 5.74) is 2.95. The zero-order chi connectivity index (χ0) is 15.1. The summed E-state index contributed by atoms with van der Waals surface area (Å²) in [6.45, 7) is 2.63. The van der Waals surface area contributed by atoms with Crippen LogP contribution in [0.1, 0.15) is 27.9 Å². The number of nitrogens with one attached hydrogen (secondary N) is 1. The molecule has 0 aromatic heterocycles. The number of amides is 1. The number of hydrogen-bond acceptors (Lipinski definition) is 2. The zero-order valence-corrected chi connectivity index (χ0v) is 12.6. The molecule has 2 rings (SSSR count). The molecule has 1 N–H and O–H groups in total. The van der Waals surface area contributed by atoms with Gasteiger partial charge in [0.1, 0.15) is 5.75 Å². The second-order valence-corrected chi connectivity index (χ2v) is 5.05. The quantitative estimate of drug-likeness (QED) is 0.825. The molecule has 0 saturated heterocycles. The van der Waals surface area contributed by atoms with Crippen molar-refractivity contribution in [2.45, 2.75) is 19.8 Å². The third-order valence-corrected chi connectivity index (χ3v) is 3.37. The Kier molecular flexibility index (Phi) is 5.38. The van der Waals surface area contributed by atoms with E-state index in [1.165, 1.54) is 5.56 Å². The minimum Gasteiger partial charge on any atom is -0.496 e. The van der Waals surface area contributed by atoms with Crippen LogP contribution in [0.4, 0.5) is 0 Å². The van der Waals surface area contributed by atoms with E-state index in [2.05, 4.69) is 17.4 Å². The molecule has 3 nitrogen and oxygen atoms in total. The van der Waals surface area contributed by atoms with Crippen molar-refractivity contribution in [2.75, 3.05) is 13.7 Å². The van der Waals surface area contributed by atoms with Gasteiger partial charge < -0.3 is 10.1 Å². The lowest BCUT2D eigenvalue weighted by atomic mass is 10.1. The van der Waals surface area contributed by atoms with E-state index >= 15 is 0 Å². The fourth-order valence-corrected chi connectivity index (χ4v) is 2.22. The SMILES string of the molecule is COc1cc(C)ccc1C(=O)NCCCc1ccccc1. The number of methoxy groups -OCH3 is 1. The second-order valence-electron chi connectivity index (χ2n) is 5.05. The molecule has 0 bridgehead atoms. The molecule has 3 heteroatoms. The first-order valence-electron chi connectivity index (χ1n) is 7.17. The van der Waals surface area contributed by atoms with Gasteiger partial charge in [0.05, 0.1) is 12.7 Å². The minimum absolute atomic E-state index is 0.0834. The topological polar surface area (TPSA) is 38.3 Å². The molecule has 0 unspecified atom stereocenters. The van der Waals surface area contributed by atoms with Crippen LogP contribution in [0.5, 0.6) is 5.75 Å². The van der Waals surface area contributed by atoms with Gasteiger partial charge in [-0.25, -0.2) is 0 Å². The number of rotatable bonds is 6. The predicted octanol–water partition coefficient (Wildman–Crippen LogP) is 3.37. The first-order chi connectivity index (χ1) is 10.2. The normalized spacial score (nSPS) is 10.2. The highest BCUT2D eigenvalue weighted by Gasteiger charge is 2.11. The molecular weight excluding hydrogens is 262 g/mol. The molecule has 0 saturated carbocycles. The zero-order valence-electron chi connectivity index (χ0n) is 12.6. The van der Waals surface area contributed by atoms with Crippen LogP contribution in [0.25, 0.3) is 0 Å². The summed E-state index contributed by atoms with van der Waals surface area (Å²) in [5, 5.41) is 2.94. The highest BCUT2D eigenvalue weighted by molar-refractivity contribution is 5.97. The summed E-state index contributed by atoms with van der Waals surface area (Å²) < 4.78 is 5.26. The van der Waals surface area contributed by atoms with Crippen molar-refractivity contribution >= 4 is 5.91 Å². The van der Waals surface area contributed by atoms with Gasteiger partial charge in [0.2, 0.25) is 0 Å². The van der Waals surface area contributed by atoms with Gasteiger partial charge in [-0.2, -0.15) is 0 Å². The molecule has 21 heavy (non-hydrogen) atoms. The van der Waals surface area contributed by atoms with E-state index in [0.717, 1.165) is 18.4 Å². The lowest BCUT2D eigenvalue weighted by Crippen LogP contribution is -2.25. The Hall–Kier alpha value is -2.29. The maximum Gasteiger partial charge on any atom is 0.255 e. The smallest absolute Gasteiger partial charge is 0.255 e. The molecule has 0 spiro atoms. The number of benzene rings is 2. The molecule has 1 amide bonds. The number of carbonyl (C=O) groups excluding carboxylic acids is 1. The number of carbonyl (C=O) groups is 1. The number of hydrogen-bond donors (Lipinski definition) is 1. The van der Waals surface area contributed by atoms with Gasteiger partial charge in [-0.1, -0.05) is 36.4 Å². The van der Waals surface area contributed by atoms with Crippen LogP contribution in [-0.2, 0) is 6.42 Å². The highest BCUT2D eigenvalue weighted by atomic mass is 16.5. The minimum atomic E-state index is -0.0834. The van der Waals surface area contributed by atoms with Crippen molar-refractivity contribution < 1.29 is 9.53 Å². The number of aryl methyl sites for hydroxylation is 2. The Bertz CT molecular complexity index is 593. The van der Waals surface area contributed by atoms with Gasteiger partial charge in [-0.05, 0) is 43.0 Å². The van der Waals surface area contributed by atoms with Crippen molar-refractivity contribution in [1.82, 2.24) is 5.32 Å². The van der Waals surface area contributed by atoms with Crippen LogP contribution in [0.2, 0.25) is 0 Å². The van der Waals surface area contributed by atoms with Gasteiger partial charge in [-0.3, -0.25) is 4.79 Å². The number of ether oxygens (including phenoxy) is 1. The lowest BCUT2D eigenvalue weighted by molar-refractivity contribution is 0.0950. The van der Waals surface area contributed by atoms with Crippen LogP contribution in [0.3, 0.4) is 0 Å². The molecule has 0 aliphatic rings. The van der Waals surface area contributed by atoms with Crippen LogP contribution >= 0.6 is 0 Å². The van der Waals surface area contributed by atoms with E-state index < -0.39 is 0 Å². The van der Waals surface area contributed by atoms with E-state index in [1.807, 2.05) is 37.3 Å². The van der Waals surface area contributed by atoms with E-state index in [1.54, 1.807) is 13.2 Å². The average molecular weight is 283 g/mol. The summed E-state index contributed by atoms with van der Waals surface area (Å²) in [5.74, 6) is 0.537. The van der Waals surface area contributed by atoms with E-state index in [4.69, 9.17) is 4.74 Å². The van der Waals surface area contributed by atoms with Crippen molar-refractivity contribution in [3.63, 3.8) is 0 Å². The van der Waals surface area contributed by atoms with Gasteiger partial charge in [-0.15, -0.1) is 0 Å². The first kappa shape index (κ1) is 15.1. The van der Waals surface area contributed by atoms with Crippen LogP contribution in [0, 0.1) is 6.92 Å². The summed E-state index contributed by atoms with van der Waals surface area (Å²) in [6, 6.07) is 15.9. The van der Waals surface area contributed by atoms with Crippen molar-refractivity contribution in [3.8, 4) is 5.75 Å². The van der Waals surface area contributed by atoms with E-state index in [-0.39, 0.29) is 5.91 Å². The Labute approximate surface area is 126 Å². The fraction of sp³-hybridized carbons (Fsp3) is 0.278. The molecule has 0 aliphatic carbocycles. The molecular formula is C18H21NO2. The van der Waals surface area contributed by atoms with E-state index in [9.17, 15) is 4.79 Å². The molecule has 0 fully saturated rings. The van der Waals surface area contributed by atoms with Crippen molar-refractivity contribution in [2.24, 2.45) is 0 Å². The third-order valence-electron chi connectivity index (χ3n) is 3.37. The summed E-state index contributed by atoms with van der Waals surface area (Å²) in [4.78, 5) is 12.2. The second kappa shape index (κ2) is 7.48. The summed E-state index contributed by atoms with van der Waals surface area (Å²) in [6.07, 6.45) is 1.89. The Morgan fingerprint density at radius 2 is 1.90 bits per heavy atom. The van der Waals surface area contributed by atoms with Crippen molar-refractivity contribution in [3.05, 3.63) is 65.2 Å². The molecule has 110 valence electrons. The summed E-state index contributed by atoms with van der Waals surface area (Å²) in [7, 11) is 1.58. The van der Waals surface area contributed by atoms with Crippen LogP contribution in [0.15, 0.2) is 48.5 Å². The van der Waals surface area contributed by atoms with Gasteiger partial charge >= 0.3 is 0 Å². The van der Waals surface area contributed by atoms with Crippen molar-refractivity contribution in [1.29, 1.82) is 0 Å². The molecule has 0 radical (unpaired) electrons. The maximum atomic E-state index is 12.2. The lowest BCUT2D eigenvalue weighted by Gasteiger charge is -2.10. The standard InChI is InChI=1S/C18H21NO2/c1-14-10-11-16(17(13-14)21-2)18(20)19-12-6-9-15-7-4-3-5-8-15/h3-5,7-8,10-11,13H,6,9,12H2,1-2H3,(H,19,20). The first-order valence-corrected chi connectivity index (χ1v) is 7.17. The third kappa shape index (κ3) is 4.35. The fourth-order valence-electron chi connectivity index (χ4n) is 2.22. The average Bonchev–Trinajstić information content (AvgIpc) is 2.52. The molecule has 0 heterocycles. The molecule has 2 aromatic carbocycles. The monoisotopic (exact) mass is 283 g/mol. The predicted molar refractivity (Wildman–Crippen MR) is 84.8 cm³/mol. The highest BCUT2D eigenvalue weighted by Crippen LogP contribution is 2.19. The Morgan fingerprint density at radius 1 is 1.14 bits per heavy atom. The van der Waals surface area contributed by atoms with Gasteiger partial charge in [0.15, 0.2) is 0 Å². The van der Waals surface area contributed by atoms with Gasteiger partial charge in [0, 0.05) is 6.54 Å². The largest absolute Gasteiger partial charge is 0.496 e. The maximum absolute atomic E-state index is 12.2. The van der Waals surface area contributed by atoms with Crippen LogP contribution in [-0.4, -0.2) is 19.6 Å².